The summed E-state index contributed by atoms with van der Waals surface area (Å²) in [5.41, 5.74) is 5.11. The van der Waals surface area contributed by atoms with Gasteiger partial charge in [-0.15, -0.1) is 5.10 Å². The molecule has 0 saturated carbocycles. The molecule has 1 heterocycles. The van der Waals surface area contributed by atoms with Crippen LogP contribution in [-0.2, 0) is 17.7 Å². The molecule has 0 fully saturated rings. The molecule has 0 bridgehead atoms. The van der Waals surface area contributed by atoms with Crippen LogP contribution in [0.15, 0.2) is 0 Å². The summed E-state index contributed by atoms with van der Waals surface area (Å²) in [6.07, 6.45) is 1.73. The maximum Gasteiger partial charge on any atom is 0.288 e. The molecule has 1 rings (SSSR count). The average Bonchev–Trinajstić information content (AvgIpc) is 2.59. The smallest absolute Gasteiger partial charge is 0.288 e. The van der Waals surface area contributed by atoms with Crippen LogP contribution in [0.1, 0.15) is 29.8 Å². The fraction of sp³-hybridized carbons (Fsp3) is 0.667. The van der Waals surface area contributed by atoms with Gasteiger partial charge in [-0.1, -0.05) is 6.92 Å². The Morgan fingerprint density at radius 2 is 2.33 bits per heavy atom. The lowest BCUT2D eigenvalue weighted by atomic mass is 10.3. The molecular formula is C9H16N4O2. The first kappa shape index (κ1) is 11.6. The number of nitrogens with two attached hydrogens (primary N) is 1. The van der Waals surface area contributed by atoms with Crippen LogP contribution in [0, 0.1) is 0 Å². The highest BCUT2D eigenvalue weighted by Gasteiger charge is 2.12. The fourth-order valence-corrected chi connectivity index (χ4v) is 1.24. The van der Waals surface area contributed by atoms with E-state index < -0.39 is 5.91 Å². The van der Waals surface area contributed by atoms with Gasteiger partial charge < -0.3 is 10.5 Å². The zero-order chi connectivity index (χ0) is 11.3. The Balaban J connectivity index is 2.84. The van der Waals surface area contributed by atoms with Crippen LogP contribution < -0.4 is 5.73 Å². The predicted octanol–water partition coefficient (Wildman–Crippen LogP) is -0.0241. The highest BCUT2D eigenvalue weighted by molar-refractivity contribution is 5.88. The summed E-state index contributed by atoms with van der Waals surface area (Å²) in [6, 6.07) is 0. The summed E-state index contributed by atoms with van der Waals surface area (Å²) >= 11 is 0. The lowest BCUT2D eigenvalue weighted by Gasteiger charge is -2.03. The number of amides is 1. The van der Waals surface area contributed by atoms with Crippen molar-refractivity contribution in [1.82, 2.24) is 14.8 Å². The molecule has 6 nitrogen and oxygen atoms in total. The Kier molecular flexibility index (Phi) is 4.23. The van der Waals surface area contributed by atoms with E-state index in [-0.39, 0.29) is 5.82 Å². The summed E-state index contributed by atoms with van der Waals surface area (Å²) in [4.78, 5) is 15.0. The maximum absolute atomic E-state index is 10.9. The third-order valence-corrected chi connectivity index (χ3v) is 1.95. The van der Waals surface area contributed by atoms with Gasteiger partial charge in [0.2, 0.25) is 5.82 Å². The molecule has 15 heavy (non-hydrogen) atoms. The van der Waals surface area contributed by atoms with Gasteiger partial charge >= 0.3 is 0 Å². The van der Waals surface area contributed by atoms with E-state index in [1.807, 2.05) is 6.92 Å². The monoisotopic (exact) mass is 212 g/mol. The van der Waals surface area contributed by atoms with Gasteiger partial charge in [-0.2, -0.15) is 0 Å². The largest absolute Gasteiger partial charge is 0.383 e. The van der Waals surface area contributed by atoms with Crippen molar-refractivity contribution in [3.05, 3.63) is 11.6 Å². The topological polar surface area (TPSA) is 83.0 Å². The maximum atomic E-state index is 10.9. The van der Waals surface area contributed by atoms with E-state index in [0.717, 1.165) is 18.7 Å². The summed E-state index contributed by atoms with van der Waals surface area (Å²) in [5.74, 6) is 0.265. The average molecular weight is 212 g/mol. The first-order valence-corrected chi connectivity index (χ1v) is 4.91. The molecule has 1 aromatic heterocycles. The number of carbonyl (C=O) groups excluding carboxylic acids is 1. The molecule has 2 N–H and O–H groups in total. The van der Waals surface area contributed by atoms with E-state index in [1.165, 1.54) is 0 Å². The van der Waals surface area contributed by atoms with Gasteiger partial charge in [0.15, 0.2) is 0 Å². The minimum atomic E-state index is -0.594. The second kappa shape index (κ2) is 5.45. The Labute approximate surface area is 88.4 Å². The number of rotatable bonds is 6. The minimum Gasteiger partial charge on any atom is -0.383 e. The van der Waals surface area contributed by atoms with Crippen LogP contribution in [0.3, 0.4) is 0 Å². The van der Waals surface area contributed by atoms with E-state index in [1.54, 1.807) is 11.8 Å². The van der Waals surface area contributed by atoms with Gasteiger partial charge in [-0.3, -0.25) is 4.79 Å². The van der Waals surface area contributed by atoms with Gasteiger partial charge in [0.1, 0.15) is 5.82 Å². The zero-order valence-electron chi connectivity index (χ0n) is 9.06. The zero-order valence-corrected chi connectivity index (χ0v) is 9.06. The van der Waals surface area contributed by atoms with Gasteiger partial charge in [-0.05, 0) is 6.42 Å². The summed E-state index contributed by atoms with van der Waals surface area (Å²) < 4.78 is 6.62. The van der Waals surface area contributed by atoms with Crippen molar-refractivity contribution in [2.45, 2.75) is 26.3 Å². The normalized spacial score (nSPS) is 10.5. The molecule has 0 spiro atoms. The van der Waals surface area contributed by atoms with Crippen molar-refractivity contribution < 1.29 is 9.53 Å². The Bertz CT molecular complexity index is 335. The molecule has 0 atom stereocenters. The molecule has 1 amide bonds. The van der Waals surface area contributed by atoms with Gasteiger partial charge in [0, 0.05) is 13.5 Å². The van der Waals surface area contributed by atoms with Crippen molar-refractivity contribution in [3.63, 3.8) is 0 Å². The first-order valence-electron chi connectivity index (χ1n) is 4.91. The van der Waals surface area contributed by atoms with E-state index in [2.05, 4.69) is 10.1 Å². The number of methoxy groups -OCH3 is 1. The molecule has 0 radical (unpaired) electrons. The lowest BCUT2D eigenvalue weighted by Crippen LogP contribution is -2.14. The summed E-state index contributed by atoms with van der Waals surface area (Å²) in [7, 11) is 1.62. The van der Waals surface area contributed by atoms with Crippen molar-refractivity contribution >= 4 is 5.91 Å². The van der Waals surface area contributed by atoms with Crippen LogP contribution in [0.25, 0.3) is 0 Å². The number of hydrogen-bond donors (Lipinski definition) is 1. The molecule has 0 unspecified atom stereocenters. The Morgan fingerprint density at radius 3 is 2.87 bits per heavy atom. The van der Waals surface area contributed by atoms with E-state index in [0.29, 0.717) is 13.2 Å². The number of ether oxygens (including phenoxy) is 1. The first-order chi connectivity index (χ1) is 7.19. The number of primary amides is 1. The molecule has 6 heteroatoms. The van der Waals surface area contributed by atoms with E-state index in [4.69, 9.17) is 10.5 Å². The second-order valence-corrected chi connectivity index (χ2v) is 3.18. The minimum absolute atomic E-state index is 0.0783. The molecule has 84 valence electrons. The van der Waals surface area contributed by atoms with Crippen molar-refractivity contribution in [3.8, 4) is 0 Å². The SMILES string of the molecule is CCCc1nc(C(N)=O)nn1CCOC. The number of aromatic nitrogens is 3. The lowest BCUT2D eigenvalue weighted by molar-refractivity contribution is 0.0989. The van der Waals surface area contributed by atoms with Crippen molar-refractivity contribution in [2.24, 2.45) is 5.73 Å². The van der Waals surface area contributed by atoms with Crippen LogP contribution in [-0.4, -0.2) is 34.4 Å². The molecule has 0 saturated heterocycles. The summed E-state index contributed by atoms with van der Waals surface area (Å²) in [5, 5.41) is 4.02. The Morgan fingerprint density at radius 1 is 1.60 bits per heavy atom. The highest BCUT2D eigenvalue weighted by Crippen LogP contribution is 2.02. The van der Waals surface area contributed by atoms with E-state index >= 15 is 0 Å². The number of hydrogen-bond acceptors (Lipinski definition) is 4. The van der Waals surface area contributed by atoms with Crippen LogP contribution in [0.5, 0.6) is 0 Å². The molecule has 1 aromatic rings. The van der Waals surface area contributed by atoms with Gasteiger partial charge in [-0.25, -0.2) is 9.67 Å². The number of aryl methyl sites for hydroxylation is 1. The third-order valence-electron chi connectivity index (χ3n) is 1.95. The second-order valence-electron chi connectivity index (χ2n) is 3.18. The molecular weight excluding hydrogens is 196 g/mol. The molecule has 0 aliphatic heterocycles. The van der Waals surface area contributed by atoms with Crippen LogP contribution >= 0.6 is 0 Å². The predicted molar refractivity (Wildman–Crippen MR) is 54.4 cm³/mol. The number of carbonyl (C=O) groups is 1. The molecule has 0 aliphatic rings. The van der Waals surface area contributed by atoms with Gasteiger partial charge in [0.05, 0.1) is 13.2 Å². The number of nitrogens with zero attached hydrogens (tertiary/aromatic N) is 3. The molecule has 0 aromatic carbocycles. The quantitative estimate of drug-likeness (QED) is 0.718. The third kappa shape index (κ3) is 3.02. The summed E-state index contributed by atoms with van der Waals surface area (Å²) in [6.45, 7) is 3.17. The highest BCUT2D eigenvalue weighted by atomic mass is 16.5. The van der Waals surface area contributed by atoms with Crippen LogP contribution in [0.4, 0.5) is 0 Å². The van der Waals surface area contributed by atoms with E-state index in [9.17, 15) is 4.79 Å². The van der Waals surface area contributed by atoms with Gasteiger partial charge in [0.25, 0.3) is 5.91 Å². The fourth-order valence-electron chi connectivity index (χ4n) is 1.24. The Hall–Kier alpha value is -1.43. The van der Waals surface area contributed by atoms with Crippen molar-refractivity contribution in [1.29, 1.82) is 0 Å². The van der Waals surface area contributed by atoms with Crippen LogP contribution in [0.2, 0.25) is 0 Å². The van der Waals surface area contributed by atoms with Crippen molar-refractivity contribution in [2.75, 3.05) is 13.7 Å². The standard InChI is InChI=1S/C9H16N4O2/c1-3-4-7-11-9(8(10)14)12-13(7)5-6-15-2/h3-6H2,1-2H3,(H2,10,14). The molecule has 0 aliphatic carbocycles.